The smallest absolute Gasteiger partial charge is 0.233 e. The van der Waals surface area contributed by atoms with Gasteiger partial charge in [0, 0.05) is 12.2 Å². The lowest BCUT2D eigenvalue weighted by molar-refractivity contribution is -0.130. The van der Waals surface area contributed by atoms with E-state index in [0.717, 1.165) is 44.5 Å². The second-order valence-electron chi connectivity index (χ2n) is 5.81. The molecule has 1 fully saturated rings. The lowest BCUT2D eigenvalue weighted by Gasteiger charge is -2.40. The molecule has 0 atom stereocenters. The molecule has 0 bridgehead atoms. The summed E-state index contributed by atoms with van der Waals surface area (Å²) in [6, 6.07) is 6.22. The van der Waals surface area contributed by atoms with Crippen LogP contribution in [0.1, 0.15) is 39.5 Å². The number of rotatable bonds is 5. The molecule has 1 aromatic carbocycles. The number of piperidine rings is 1. The Hall–Kier alpha value is -1.42. The van der Waals surface area contributed by atoms with Crippen LogP contribution in [-0.4, -0.2) is 25.5 Å². The van der Waals surface area contributed by atoms with Gasteiger partial charge in [0.1, 0.15) is 5.82 Å². The Bertz CT molecular complexity index is 461. The average molecular weight is 292 g/mol. The fraction of sp³-hybridized carbons (Fsp3) is 0.588. The maximum atomic E-state index is 13.1. The lowest BCUT2D eigenvalue weighted by atomic mass is 9.74. The van der Waals surface area contributed by atoms with Gasteiger partial charge in [0.25, 0.3) is 0 Å². The number of nitrogens with one attached hydrogen (secondary N) is 1. The van der Waals surface area contributed by atoms with E-state index < -0.39 is 0 Å². The van der Waals surface area contributed by atoms with Gasteiger partial charge in [-0.1, -0.05) is 13.3 Å². The Kier molecular flexibility index (Phi) is 5.34. The molecule has 1 heterocycles. The number of halogens is 1. The fourth-order valence-electron chi connectivity index (χ4n) is 3.31. The van der Waals surface area contributed by atoms with Crippen LogP contribution in [0.15, 0.2) is 24.3 Å². The van der Waals surface area contributed by atoms with Gasteiger partial charge in [-0.15, -0.1) is 0 Å². The lowest BCUT2D eigenvalue weighted by Crippen LogP contribution is -2.49. The summed E-state index contributed by atoms with van der Waals surface area (Å²) < 4.78 is 13.1. The minimum atomic E-state index is -0.271. The van der Waals surface area contributed by atoms with Crippen LogP contribution in [-0.2, 0) is 4.79 Å². The van der Waals surface area contributed by atoms with Gasteiger partial charge in [0.05, 0.1) is 5.41 Å². The summed E-state index contributed by atoms with van der Waals surface area (Å²) in [4.78, 5) is 14.9. The number of amides is 1. The maximum absolute atomic E-state index is 13.1. The van der Waals surface area contributed by atoms with Crippen LogP contribution >= 0.6 is 0 Å². The number of benzene rings is 1. The normalized spacial score (nSPS) is 17.5. The SMILES string of the molecule is CCCC1(C(=O)N(CC)c2ccc(F)cc2)CCNCC1. The predicted molar refractivity (Wildman–Crippen MR) is 83.9 cm³/mol. The quantitative estimate of drug-likeness (QED) is 0.902. The molecule has 1 amide bonds. The Balaban J connectivity index is 2.26. The molecule has 21 heavy (non-hydrogen) atoms. The molecule has 1 aromatic rings. The highest BCUT2D eigenvalue weighted by Gasteiger charge is 2.41. The first-order valence-electron chi connectivity index (χ1n) is 7.91. The summed E-state index contributed by atoms with van der Waals surface area (Å²) in [5, 5.41) is 3.34. The largest absolute Gasteiger partial charge is 0.317 e. The van der Waals surface area contributed by atoms with Crippen LogP contribution in [0.5, 0.6) is 0 Å². The van der Waals surface area contributed by atoms with E-state index in [1.165, 1.54) is 12.1 Å². The molecular weight excluding hydrogens is 267 g/mol. The summed E-state index contributed by atoms with van der Waals surface area (Å²) in [5.74, 6) is -0.0765. The van der Waals surface area contributed by atoms with Gasteiger partial charge in [-0.05, 0) is 63.5 Å². The fourth-order valence-corrected chi connectivity index (χ4v) is 3.31. The van der Waals surface area contributed by atoms with Crippen LogP contribution in [0.25, 0.3) is 0 Å². The predicted octanol–water partition coefficient (Wildman–Crippen LogP) is 3.35. The van der Waals surface area contributed by atoms with E-state index in [4.69, 9.17) is 0 Å². The summed E-state index contributed by atoms with van der Waals surface area (Å²) >= 11 is 0. The molecule has 1 aliphatic heterocycles. The first kappa shape index (κ1) is 16.0. The van der Waals surface area contributed by atoms with Crippen LogP contribution in [0.2, 0.25) is 0 Å². The Morgan fingerprint density at radius 2 is 1.86 bits per heavy atom. The van der Waals surface area contributed by atoms with Crippen molar-refractivity contribution >= 4 is 11.6 Å². The van der Waals surface area contributed by atoms with Crippen molar-refractivity contribution in [3.8, 4) is 0 Å². The summed E-state index contributed by atoms with van der Waals surface area (Å²) in [5.41, 5.74) is 0.530. The Morgan fingerprint density at radius 3 is 2.38 bits per heavy atom. The topological polar surface area (TPSA) is 32.3 Å². The van der Waals surface area contributed by atoms with Gasteiger partial charge in [0.2, 0.25) is 5.91 Å². The van der Waals surface area contributed by atoms with Gasteiger partial charge >= 0.3 is 0 Å². The van der Waals surface area contributed by atoms with Crippen LogP contribution in [0.4, 0.5) is 10.1 Å². The summed E-state index contributed by atoms with van der Waals surface area (Å²) in [6.45, 7) is 6.51. The average Bonchev–Trinajstić information content (AvgIpc) is 2.51. The molecule has 0 unspecified atom stereocenters. The highest BCUT2D eigenvalue weighted by molar-refractivity contribution is 5.97. The minimum Gasteiger partial charge on any atom is -0.317 e. The van der Waals surface area contributed by atoms with Crippen molar-refractivity contribution in [1.29, 1.82) is 0 Å². The third-order valence-corrected chi connectivity index (χ3v) is 4.44. The number of hydrogen-bond donors (Lipinski definition) is 1. The highest BCUT2D eigenvalue weighted by Crippen LogP contribution is 2.37. The molecule has 0 radical (unpaired) electrons. The molecule has 0 aromatic heterocycles. The first-order chi connectivity index (χ1) is 10.1. The van der Waals surface area contributed by atoms with Gasteiger partial charge in [0.15, 0.2) is 0 Å². The van der Waals surface area contributed by atoms with Crippen LogP contribution in [0.3, 0.4) is 0 Å². The van der Waals surface area contributed by atoms with E-state index in [-0.39, 0.29) is 17.1 Å². The Labute approximate surface area is 126 Å². The molecule has 0 spiro atoms. The molecule has 1 aliphatic rings. The van der Waals surface area contributed by atoms with Gasteiger partial charge < -0.3 is 10.2 Å². The van der Waals surface area contributed by atoms with Crippen molar-refractivity contribution in [1.82, 2.24) is 5.32 Å². The number of carbonyl (C=O) groups excluding carboxylic acids is 1. The van der Waals surface area contributed by atoms with E-state index >= 15 is 0 Å². The van der Waals surface area contributed by atoms with E-state index in [2.05, 4.69) is 12.2 Å². The van der Waals surface area contributed by atoms with Gasteiger partial charge in [-0.25, -0.2) is 4.39 Å². The van der Waals surface area contributed by atoms with Crippen molar-refractivity contribution in [3.63, 3.8) is 0 Å². The Morgan fingerprint density at radius 1 is 1.24 bits per heavy atom. The molecule has 1 N–H and O–H groups in total. The van der Waals surface area contributed by atoms with Crippen molar-refractivity contribution < 1.29 is 9.18 Å². The molecular formula is C17H25FN2O. The second kappa shape index (κ2) is 7.03. The van der Waals surface area contributed by atoms with Crippen molar-refractivity contribution in [2.45, 2.75) is 39.5 Å². The second-order valence-corrected chi connectivity index (χ2v) is 5.81. The molecule has 0 aliphatic carbocycles. The van der Waals surface area contributed by atoms with Crippen LogP contribution in [0, 0.1) is 11.2 Å². The number of hydrogen-bond acceptors (Lipinski definition) is 2. The van der Waals surface area contributed by atoms with E-state index in [1.807, 2.05) is 6.92 Å². The van der Waals surface area contributed by atoms with E-state index in [9.17, 15) is 9.18 Å². The molecule has 3 nitrogen and oxygen atoms in total. The van der Waals surface area contributed by atoms with E-state index in [1.54, 1.807) is 17.0 Å². The number of nitrogens with zero attached hydrogens (tertiary/aromatic N) is 1. The zero-order chi connectivity index (χ0) is 15.3. The third kappa shape index (κ3) is 3.43. The molecule has 2 rings (SSSR count). The molecule has 1 saturated heterocycles. The van der Waals surface area contributed by atoms with Crippen molar-refractivity contribution in [3.05, 3.63) is 30.1 Å². The monoisotopic (exact) mass is 292 g/mol. The molecule has 0 saturated carbocycles. The van der Waals surface area contributed by atoms with Crippen molar-refractivity contribution in [2.24, 2.45) is 5.41 Å². The zero-order valence-corrected chi connectivity index (χ0v) is 13.0. The highest BCUT2D eigenvalue weighted by atomic mass is 19.1. The molecule has 116 valence electrons. The van der Waals surface area contributed by atoms with Gasteiger partial charge in [-0.3, -0.25) is 4.79 Å². The standard InChI is InChI=1S/C17H25FN2O/c1-3-9-17(10-12-19-13-11-17)16(21)20(4-2)15-7-5-14(18)6-8-15/h5-8,19H,3-4,9-13H2,1-2H3. The first-order valence-corrected chi connectivity index (χ1v) is 7.91. The van der Waals surface area contributed by atoms with Crippen molar-refractivity contribution in [2.75, 3.05) is 24.5 Å². The molecule has 4 heteroatoms. The number of anilines is 1. The van der Waals surface area contributed by atoms with Gasteiger partial charge in [-0.2, -0.15) is 0 Å². The summed E-state index contributed by atoms with van der Waals surface area (Å²) in [7, 11) is 0. The minimum absolute atomic E-state index is 0.194. The summed E-state index contributed by atoms with van der Waals surface area (Å²) in [6.07, 6.45) is 3.70. The van der Waals surface area contributed by atoms with Crippen LogP contribution < -0.4 is 10.2 Å². The maximum Gasteiger partial charge on any atom is 0.233 e. The van der Waals surface area contributed by atoms with E-state index in [0.29, 0.717) is 6.54 Å². The number of carbonyl (C=O) groups is 1. The third-order valence-electron chi connectivity index (χ3n) is 4.44. The zero-order valence-electron chi connectivity index (χ0n) is 13.0.